The zero-order valence-electron chi connectivity index (χ0n) is 13.8. The van der Waals surface area contributed by atoms with Crippen LogP contribution in [0.15, 0.2) is 42.5 Å². The van der Waals surface area contributed by atoms with Gasteiger partial charge in [-0.3, -0.25) is 0 Å². The van der Waals surface area contributed by atoms with Gasteiger partial charge in [-0.2, -0.15) is 0 Å². The third kappa shape index (κ3) is 3.31. The van der Waals surface area contributed by atoms with E-state index < -0.39 is 5.97 Å². The molecule has 0 unspecified atom stereocenters. The highest BCUT2D eigenvalue weighted by Crippen LogP contribution is 2.29. The zero-order chi connectivity index (χ0) is 17.3. The van der Waals surface area contributed by atoms with Crippen LogP contribution in [-0.2, 0) is 0 Å². The van der Waals surface area contributed by atoms with E-state index in [1.54, 1.807) is 12.1 Å². The number of nitrogens with two attached hydrogens (primary N) is 1. The van der Waals surface area contributed by atoms with Gasteiger partial charge in [0.2, 0.25) is 0 Å². The Bertz CT molecular complexity index is 914. The second kappa shape index (κ2) is 6.09. The summed E-state index contributed by atoms with van der Waals surface area (Å²) < 4.78 is 0. The fourth-order valence-electron chi connectivity index (χ4n) is 2.73. The van der Waals surface area contributed by atoms with Crippen molar-refractivity contribution < 1.29 is 9.90 Å². The highest BCUT2D eigenvalue weighted by molar-refractivity contribution is 6.11. The molecular weight excluding hydrogens is 302 g/mol. The van der Waals surface area contributed by atoms with Crippen LogP contribution in [0.1, 0.15) is 30.6 Å². The van der Waals surface area contributed by atoms with Gasteiger partial charge < -0.3 is 16.2 Å². The van der Waals surface area contributed by atoms with Gasteiger partial charge in [0.05, 0.1) is 11.1 Å². The SMILES string of the molecule is CC(C)(N)CCNc1nc2cc(C(=O)O)ccc2c2ccccc12. The van der Waals surface area contributed by atoms with Crippen molar-refractivity contribution in [3.63, 3.8) is 0 Å². The van der Waals surface area contributed by atoms with E-state index in [9.17, 15) is 9.90 Å². The summed E-state index contributed by atoms with van der Waals surface area (Å²) >= 11 is 0. The van der Waals surface area contributed by atoms with E-state index in [0.29, 0.717) is 12.1 Å². The molecule has 0 spiro atoms. The van der Waals surface area contributed by atoms with Gasteiger partial charge in [0.15, 0.2) is 0 Å². The molecule has 4 N–H and O–H groups in total. The van der Waals surface area contributed by atoms with Crippen molar-refractivity contribution in [1.29, 1.82) is 0 Å². The van der Waals surface area contributed by atoms with Crippen LogP contribution in [-0.4, -0.2) is 28.1 Å². The number of fused-ring (bicyclic) bond motifs is 3. The molecule has 124 valence electrons. The first-order chi connectivity index (χ1) is 11.3. The number of benzene rings is 2. The van der Waals surface area contributed by atoms with E-state index in [1.807, 2.05) is 44.2 Å². The number of carboxylic acids is 1. The number of pyridine rings is 1. The van der Waals surface area contributed by atoms with Gasteiger partial charge in [0.1, 0.15) is 5.82 Å². The lowest BCUT2D eigenvalue weighted by Crippen LogP contribution is -2.34. The molecule has 2 aromatic carbocycles. The monoisotopic (exact) mass is 323 g/mol. The van der Waals surface area contributed by atoms with Gasteiger partial charge in [-0.05, 0) is 37.8 Å². The Morgan fingerprint density at radius 1 is 1.17 bits per heavy atom. The Morgan fingerprint density at radius 3 is 2.54 bits per heavy atom. The lowest BCUT2D eigenvalue weighted by atomic mass is 10.0. The number of aromatic nitrogens is 1. The van der Waals surface area contributed by atoms with Gasteiger partial charge in [0.25, 0.3) is 0 Å². The molecule has 0 saturated heterocycles. The summed E-state index contributed by atoms with van der Waals surface area (Å²) in [5.41, 5.74) is 6.68. The van der Waals surface area contributed by atoms with Gasteiger partial charge in [-0.1, -0.05) is 30.3 Å². The molecule has 0 aliphatic heterocycles. The average molecular weight is 323 g/mol. The molecule has 0 amide bonds. The largest absolute Gasteiger partial charge is 0.478 e. The Morgan fingerprint density at radius 2 is 1.88 bits per heavy atom. The molecule has 0 aliphatic rings. The van der Waals surface area contributed by atoms with Gasteiger partial charge in [-0.25, -0.2) is 9.78 Å². The van der Waals surface area contributed by atoms with Crippen molar-refractivity contribution in [2.24, 2.45) is 5.73 Å². The topological polar surface area (TPSA) is 88.2 Å². The van der Waals surface area contributed by atoms with Crippen LogP contribution in [0.4, 0.5) is 5.82 Å². The van der Waals surface area contributed by atoms with E-state index in [-0.39, 0.29) is 11.1 Å². The molecule has 0 radical (unpaired) electrons. The van der Waals surface area contributed by atoms with E-state index in [4.69, 9.17) is 5.73 Å². The number of rotatable bonds is 5. The van der Waals surface area contributed by atoms with Crippen molar-refractivity contribution in [3.05, 3.63) is 48.0 Å². The minimum Gasteiger partial charge on any atom is -0.478 e. The van der Waals surface area contributed by atoms with Crippen molar-refractivity contribution in [2.75, 3.05) is 11.9 Å². The van der Waals surface area contributed by atoms with Gasteiger partial charge in [-0.15, -0.1) is 0 Å². The minimum atomic E-state index is -0.953. The van der Waals surface area contributed by atoms with Crippen LogP contribution in [0.3, 0.4) is 0 Å². The lowest BCUT2D eigenvalue weighted by Gasteiger charge is -2.19. The van der Waals surface area contributed by atoms with Crippen LogP contribution in [0, 0.1) is 0 Å². The second-order valence-corrected chi connectivity index (χ2v) is 6.71. The van der Waals surface area contributed by atoms with Crippen LogP contribution in [0.2, 0.25) is 0 Å². The molecule has 0 saturated carbocycles. The summed E-state index contributed by atoms with van der Waals surface area (Å²) in [6.45, 7) is 4.67. The van der Waals surface area contributed by atoms with Crippen molar-refractivity contribution in [2.45, 2.75) is 25.8 Å². The van der Waals surface area contributed by atoms with E-state index in [1.165, 1.54) is 0 Å². The average Bonchev–Trinajstić information content (AvgIpc) is 2.53. The highest BCUT2D eigenvalue weighted by atomic mass is 16.4. The highest BCUT2D eigenvalue weighted by Gasteiger charge is 2.13. The number of anilines is 1. The first kappa shape index (κ1) is 16.2. The summed E-state index contributed by atoms with van der Waals surface area (Å²) in [7, 11) is 0. The number of carbonyl (C=O) groups is 1. The second-order valence-electron chi connectivity index (χ2n) is 6.71. The lowest BCUT2D eigenvalue weighted by molar-refractivity contribution is 0.0697. The van der Waals surface area contributed by atoms with Crippen LogP contribution in [0.25, 0.3) is 21.7 Å². The predicted octanol–water partition coefficient (Wildman–Crippen LogP) is 3.63. The van der Waals surface area contributed by atoms with E-state index in [2.05, 4.69) is 10.3 Å². The fraction of sp³-hybridized carbons (Fsp3) is 0.263. The molecule has 0 bridgehead atoms. The summed E-state index contributed by atoms with van der Waals surface area (Å²) in [4.78, 5) is 15.9. The molecule has 3 rings (SSSR count). The smallest absolute Gasteiger partial charge is 0.335 e. The Kier molecular flexibility index (Phi) is 4.11. The van der Waals surface area contributed by atoms with Gasteiger partial charge in [0, 0.05) is 22.9 Å². The molecule has 3 aromatic rings. The number of nitrogens with one attached hydrogen (secondary N) is 1. The number of carboxylic acid groups (broad SMARTS) is 1. The molecule has 0 atom stereocenters. The van der Waals surface area contributed by atoms with Crippen LogP contribution in [0.5, 0.6) is 0 Å². The third-order valence-corrected chi connectivity index (χ3v) is 4.01. The zero-order valence-corrected chi connectivity index (χ0v) is 13.8. The van der Waals surface area contributed by atoms with Crippen LogP contribution < -0.4 is 11.1 Å². The molecule has 5 nitrogen and oxygen atoms in total. The van der Waals surface area contributed by atoms with Crippen LogP contribution >= 0.6 is 0 Å². The summed E-state index contributed by atoms with van der Waals surface area (Å²) in [5, 5.41) is 15.6. The Labute approximate surface area is 140 Å². The van der Waals surface area contributed by atoms with Crippen molar-refractivity contribution in [3.8, 4) is 0 Å². The quantitative estimate of drug-likeness (QED) is 0.624. The summed E-state index contributed by atoms with van der Waals surface area (Å²) in [5.74, 6) is -0.198. The summed E-state index contributed by atoms with van der Waals surface area (Å²) in [6.07, 6.45) is 0.802. The van der Waals surface area contributed by atoms with Crippen molar-refractivity contribution in [1.82, 2.24) is 4.98 Å². The normalized spacial score (nSPS) is 11.8. The Hall–Kier alpha value is -2.66. The van der Waals surface area contributed by atoms with E-state index in [0.717, 1.165) is 28.4 Å². The standard InChI is InChI=1S/C19H21N3O2/c1-19(2,20)9-10-21-17-15-6-4-3-5-13(15)14-8-7-12(18(23)24)11-16(14)22-17/h3-8,11H,9-10,20H2,1-2H3,(H,21,22)(H,23,24). The molecule has 0 fully saturated rings. The fourth-order valence-corrected chi connectivity index (χ4v) is 2.73. The maximum atomic E-state index is 11.2. The molecular formula is C19H21N3O2. The summed E-state index contributed by atoms with van der Waals surface area (Å²) in [6, 6.07) is 13.0. The van der Waals surface area contributed by atoms with Crippen molar-refractivity contribution >= 4 is 33.5 Å². The first-order valence-corrected chi connectivity index (χ1v) is 7.94. The molecule has 1 heterocycles. The number of hydrogen-bond acceptors (Lipinski definition) is 4. The maximum absolute atomic E-state index is 11.2. The third-order valence-electron chi connectivity index (χ3n) is 4.01. The molecule has 0 aliphatic carbocycles. The van der Waals surface area contributed by atoms with Gasteiger partial charge >= 0.3 is 5.97 Å². The number of nitrogens with zero attached hydrogens (tertiary/aromatic N) is 1. The maximum Gasteiger partial charge on any atom is 0.335 e. The molecule has 1 aromatic heterocycles. The Balaban J connectivity index is 2.10. The first-order valence-electron chi connectivity index (χ1n) is 7.94. The predicted molar refractivity (Wildman–Crippen MR) is 97.6 cm³/mol. The molecule has 5 heteroatoms. The number of hydrogen-bond donors (Lipinski definition) is 3. The van der Waals surface area contributed by atoms with E-state index >= 15 is 0 Å². The molecule has 24 heavy (non-hydrogen) atoms. The number of aromatic carboxylic acids is 1. The minimum absolute atomic E-state index is 0.235.